The van der Waals surface area contributed by atoms with Crippen LogP contribution >= 0.6 is 0 Å². The minimum absolute atomic E-state index is 0.00158. The monoisotopic (exact) mass is 360 g/mol. The van der Waals surface area contributed by atoms with E-state index in [0.29, 0.717) is 37.7 Å². The van der Waals surface area contributed by atoms with Crippen LogP contribution in [-0.4, -0.2) is 86.6 Å². The number of hydrogen-bond acceptors (Lipinski definition) is 4. The number of rotatable bonds is 4. The largest absolute Gasteiger partial charge is 0.497 e. The second kappa shape index (κ2) is 8.40. The zero-order valence-electron chi connectivity index (χ0n) is 15.6. The summed E-state index contributed by atoms with van der Waals surface area (Å²) in [5.74, 6) is 1.28. The van der Waals surface area contributed by atoms with Gasteiger partial charge in [-0.15, -0.1) is 0 Å². The van der Waals surface area contributed by atoms with E-state index in [-0.39, 0.29) is 11.9 Å². The van der Waals surface area contributed by atoms with Crippen LogP contribution in [0.2, 0.25) is 0 Å². The highest BCUT2D eigenvalue weighted by atomic mass is 16.5. The predicted molar refractivity (Wildman–Crippen MR) is 99.5 cm³/mol. The number of nitrogens with zero attached hydrogens (tertiary/aromatic N) is 3. The first-order chi connectivity index (χ1) is 12.6. The zero-order chi connectivity index (χ0) is 18.5. The van der Waals surface area contributed by atoms with E-state index >= 15 is 0 Å². The third-order valence-corrected chi connectivity index (χ3v) is 5.22. The van der Waals surface area contributed by atoms with Crippen molar-refractivity contribution in [3.8, 4) is 5.75 Å². The van der Waals surface area contributed by atoms with Crippen molar-refractivity contribution in [3.63, 3.8) is 0 Å². The number of piperazine rings is 1. The van der Waals surface area contributed by atoms with Gasteiger partial charge in [0.05, 0.1) is 7.11 Å². The number of benzene rings is 1. The Kier molecular flexibility index (Phi) is 5.98. The van der Waals surface area contributed by atoms with Gasteiger partial charge in [-0.1, -0.05) is 0 Å². The van der Waals surface area contributed by atoms with Gasteiger partial charge in [-0.25, -0.2) is 4.79 Å². The Hall–Kier alpha value is -2.28. The maximum atomic E-state index is 12.6. The second-order valence-corrected chi connectivity index (χ2v) is 7.11. The summed E-state index contributed by atoms with van der Waals surface area (Å²) >= 11 is 0. The lowest BCUT2D eigenvalue weighted by molar-refractivity contribution is 0.0664. The van der Waals surface area contributed by atoms with E-state index in [9.17, 15) is 9.59 Å². The lowest BCUT2D eigenvalue weighted by Gasteiger charge is -2.35. The normalized spacial score (nSPS) is 20.9. The van der Waals surface area contributed by atoms with Crippen LogP contribution in [0.15, 0.2) is 24.3 Å². The Morgan fingerprint density at radius 3 is 2.31 bits per heavy atom. The molecule has 2 saturated heterocycles. The smallest absolute Gasteiger partial charge is 0.317 e. The molecule has 7 nitrogen and oxygen atoms in total. The molecule has 3 amide bonds. The van der Waals surface area contributed by atoms with Gasteiger partial charge < -0.3 is 24.8 Å². The van der Waals surface area contributed by atoms with Crippen molar-refractivity contribution in [1.82, 2.24) is 20.0 Å². The highest BCUT2D eigenvalue weighted by Gasteiger charge is 2.26. The molecule has 2 heterocycles. The van der Waals surface area contributed by atoms with Crippen LogP contribution in [0.3, 0.4) is 0 Å². The Morgan fingerprint density at radius 2 is 1.73 bits per heavy atom. The summed E-state index contributed by atoms with van der Waals surface area (Å²) in [6.07, 6.45) is 1.14. The van der Waals surface area contributed by atoms with Gasteiger partial charge >= 0.3 is 6.03 Å². The van der Waals surface area contributed by atoms with Gasteiger partial charge in [-0.3, -0.25) is 4.79 Å². The third-order valence-electron chi connectivity index (χ3n) is 5.22. The minimum atomic E-state index is -0.0175. The van der Waals surface area contributed by atoms with E-state index < -0.39 is 0 Å². The van der Waals surface area contributed by atoms with Gasteiger partial charge in [0, 0.05) is 44.8 Å². The van der Waals surface area contributed by atoms with Crippen molar-refractivity contribution in [2.75, 3.05) is 60.0 Å². The summed E-state index contributed by atoms with van der Waals surface area (Å²) in [5.41, 5.74) is 0.647. The van der Waals surface area contributed by atoms with E-state index in [4.69, 9.17) is 4.74 Å². The van der Waals surface area contributed by atoms with Crippen LogP contribution in [0.4, 0.5) is 4.79 Å². The minimum Gasteiger partial charge on any atom is -0.497 e. The van der Waals surface area contributed by atoms with Crippen molar-refractivity contribution in [1.29, 1.82) is 0 Å². The predicted octanol–water partition coefficient (Wildman–Crippen LogP) is 1.11. The number of likely N-dealkylation sites (tertiary alicyclic amines) is 1. The highest BCUT2D eigenvalue weighted by molar-refractivity contribution is 5.94. The average Bonchev–Trinajstić information content (AvgIpc) is 3.11. The third kappa shape index (κ3) is 4.46. The first-order valence-electron chi connectivity index (χ1n) is 9.21. The Bertz CT molecular complexity index is 626. The number of ether oxygens (including phenoxy) is 1. The van der Waals surface area contributed by atoms with Gasteiger partial charge in [-0.2, -0.15) is 0 Å². The summed E-state index contributed by atoms with van der Waals surface area (Å²) in [5, 5.41) is 3.05. The molecule has 0 saturated carbocycles. The molecule has 2 aliphatic heterocycles. The summed E-state index contributed by atoms with van der Waals surface area (Å²) in [6, 6.07) is 7.11. The summed E-state index contributed by atoms with van der Waals surface area (Å²) in [7, 11) is 3.72. The van der Waals surface area contributed by atoms with Crippen molar-refractivity contribution < 1.29 is 14.3 Å². The second-order valence-electron chi connectivity index (χ2n) is 7.11. The summed E-state index contributed by atoms with van der Waals surface area (Å²) in [4.78, 5) is 30.8. The van der Waals surface area contributed by atoms with Crippen LogP contribution in [0.1, 0.15) is 16.8 Å². The van der Waals surface area contributed by atoms with Crippen LogP contribution in [0.25, 0.3) is 0 Å². The first-order valence-corrected chi connectivity index (χ1v) is 9.21. The first kappa shape index (κ1) is 18.5. The molecular formula is C19H28N4O3. The lowest BCUT2D eigenvalue weighted by Crippen LogP contribution is -2.53. The average molecular weight is 360 g/mol. The molecule has 0 aromatic heterocycles. The molecular weight excluding hydrogens is 332 g/mol. The Balaban J connectivity index is 1.44. The zero-order valence-corrected chi connectivity index (χ0v) is 15.6. The molecule has 1 atom stereocenters. The number of carbonyl (C=O) groups is 2. The number of nitrogens with one attached hydrogen (secondary N) is 1. The maximum absolute atomic E-state index is 12.6. The number of urea groups is 1. The molecule has 3 rings (SSSR count). The van der Waals surface area contributed by atoms with Crippen molar-refractivity contribution in [2.24, 2.45) is 5.92 Å². The SMILES string of the molecule is COc1ccc(C(=O)N2CCN(C(=O)NCC3CCN(C)C3)CC2)cc1. The van der Waals surface area contributed by atoms with E-state index in [2.05, 4.69) is 17.3 Å². The van der Waals surface area contributed by atoms with E-state index in [1.54, 1.807) is 41.2 Å². The lowest BCUT2D eigenvalue weighted by atomic mass is 10.1. The highest BCUT2D eigenvalue weighted by Crippen LogP contribution is 2.15. The Labute approximate surface area is 154 Å². The fourth-order valence-electron chi connectivity index (χ4n) is 3.57. The number of methoxy groups -OCH3 is 1. The van der Waals surface area contributed by atoms with Crippen LogP contribution in [0.5, 0.6) is 5.75 Å². The number of carbonyl (C=O) groups excluding carboxylic acids is 2. The van der Waals surface area contributed by atoms with E-state index in [1.165, 1.54) is 0 Å². The van der Waals surface area contributed by atoms with Gasteiger partial charge in [0.2, 0.25) is 0 Å². The number of hydrogen-bond donors (Lipinski definition) is 1. The van der Waals surface area contributed by atoms with E-state index in [0.717, 1.165) is 31.8 Å². The molecule has 7 heteroatoms. The van der Waals surface area contributed by atoms with Crippen LogP contribution in [0, 0.1) is 5.92 Å². The van der Waals surface area contributed by atoms with Crippen molar-refractivity contribution >= 4 is 11.9 Å². The van der Waals surface area contributed by atoms with E-state index in [1.807, 2.05) is 0 Å². The van der Waals surface area contributed by atoms with Crippen LogP contribution < -0.4 is 10.1 Å². The molecule has 142 valence electrons. The standard InChI is InChI=1S/C19H28N4O3/c1-21-8-7-15(14-21)13-20-19(25)23-11-9-22(10-12-23)18(24)16-3-5-17(26-2)6-4-16/h3-6,15H,7-14H2,1-2H3,(H,20,25). The van der Waals surface area contributed by atoms with Crippen LogP contribution in [-0.2, 0) is 0 Å². The molecule has 1 N–H and O–H groups in total. The van der Waals surface area contributed by atoms with Crippen molar-refractivity contribution in [2.45, 2.75) is 6.42 Å². The molecule has 1 unspecified atom stereocenters. The van der Waals surface area contributed by atoms with Gasteiger partial charge in [0.15, 0.2) is 0 Å². The maximum Gasteiger partial charge on any atom is 0.317 e. The summed E-state index contributed by atoms with van der Waals surface area (Å²) < 4.78 is 5.12. The Morgan fingerprint density at radius 1 is 1.08 bits per heavy atom. The molecule has 2 aliphatic rings. The molecule has 0 radical (unpaired) electrons. The van der Waals surface area contributed by atoms with Gasteiger partial charge in [0.25, 0.3) is 5.91 Å². The molecule has 0 spiro atoms. The topological polar surface area (TPSA) is 65.1 Å². The molecule has 2 fully saturated rings. The van der Waals surface area contributed by atoms with Gasteiger partial charge in [0.1, 0.15) is 5.75 Å². The molecule has 0 aliphatic carbocycles. The molecule has 26 heavy (non-hydrogen) atoms. The quantitative estimate of drug-likeness (QED) is 0.874. The molecule has 1 aromatic rings. The summed E-state index contributed by atoms with van der Waals surface area (Å²) in [6.45, 7) is 5.14. The van der Waals surface area contributed by atoms with Crippen molar-refractivity contribution in [3.05, 3.63) is 29.8 Å². The fourth-order valence-corrected chi connectivity index (χ4v) is 3.57. The molecule has 0 bridgehead atoms. The fraction of sp³-hybridized carbons (Fsp3) is 0.579. The number of amides is 3. The molecule has 1 aromatic carbocycles. The van der Waals surface area contributed by atoms with Gasteiger partial charge in [-0.05, 0) is 50.2 Å².